The predicted octanol–water partition coefficient (Wildman–Crippen LogP) is -0.832. The summed E-state index contributed by atoms with van der Waals surface area (Å²) in [5.74, 6) is 0. The average molecular weight is 91.1 g/mol. The first-order valence-corrected chi connectivity index (χ1v) is 1.99. The van der Waals surface area contributed by atoms with E-state index in [9.17, 15) is 5.21 Å². The highest BCUT2D eigenvalue weighted by Crippen LogP contribution is 1.58. The summed E-state index contributed by atoms with van der Waals surface area (Å²) in [7, 11) is 0. The van der Waals surface area contributed by atoms with E-state index in [0.29, 0.717) is 6.54 Å². The quantitative estimate of drug-likeness (QED) is 0.436. The summed E-state index contributed by atoms with van der Waals surface area (Å²) in [6, 6.07) is 0. The number of hydroxylamine groups is 2. The molecule has 0 bridgehead atoms. The van der Waals surface area contributed by atoms with Crippen molar-refractivity contribution in [3.63, 3.8) is 0 Å². The van der Waals surface area contributed by atoms with E-state index < -0.39 is 5.23 Å². The van der Waals surface area contributed by atoms with Gasteiger partial charge in [0, 0.05) is 0 Å². The molecule has 0 saturated carbocycles. The van der Waals surface area contributed by atoms with Crippen molar-refractivity contribution in [2.24, 2.45) is 0 Å². The van der Waals surface area contributed by atoms with Crippen molar-refractivity contribution in [3.05, 3.63) is 5.21 Å². The van der Waals surface area contributed by atoms with Gasteiger partial charge in [-0.05, 0) is 6.42 Å². The molecule has 0 aliphatic heterocycles. The van der Waals surface area contributed by atoms with Gasteiger partial charge in [-0.15, -0.1) is 0 Å². The molecule has 6 heavy (non-hydrogen) atoms. The predicted molar refractivity (Wildman–Crippen MR) is 21.3 cm³/mol. The molecule has 0 aliphatic carbocycles. The van der Waals surface area contributed by atoms with E-state index in [1.54, 1.807) is 0 Å². The molecule has 38 valence electrons. The lowest BCUT2D eigenvalue weighted by atomic mass is 10.5. The van der Waals surface area contributed by atoms with E-state index in [1.165, 1.54) is 0 Å². The molecule has 2 N–H and O–H groups in total. The van der Waals surface area contributed by atoms with Crippen LogP contribution in [0.15, 0.2) is 0 Å². The van der Waals surface area contributed by atoms with Gasteiger partial charge in [0.25, 0.3) is 0 Å². The lowest BCUT2D eigenvalue weighted by Crippen LogP contribution is -3.04. The van der Waals surface area contributed by atoms with Crippen molar-refractivity contribution in [3.8, 4) is 0 Å². The molecule has 3 nitrogen and oxygen atoms in total. The van der Waals surface area contributed by atoms with E-state index in [4.69, 9.17) is 5.21 Å². The Balaban J connectivity index is 2.63. The maximum Gasteiger partial charge on any atom is 0.106 e. The van der Waals surface area contributed by atoms with E-state index in [2.05, 4.69) is 0 Å². The molecule has 0 amide bonds. The SMILES string of the molecule is CCC[NH+]([O-])O. The minimum absolute atomic E-state index is 0.292. The van der Waals surface area contributed by atoms with Crippen LogP contribution in [0.1, 0.15) is 13.3 Å². The minimum atomic E-state index is -0.711. The summed E-state index contributed by atoms with van der Waals surface area (Å²) >= 11 is 0. The maximum atomic E-state index is 9.60. The Bertz CT molecular complexity index is 30.0. The lowest BCUT2D eigenvalue weighted by Gasteiger charge is -2.08. The highest BCUT2D eigenvalue weighted by atomic mass is 16.8. The largest absolute Gasteiger partial charge is 0.600 e. The molecule has 0 radical (unpaired) electrons. The van der Waals surface area contributed by atoms with Gasteiger partial charge in [-0.3, -0.25) is 0 Å². The molecule has 0 fully saturated rings. The van der Waals surface area contributed by atoms with Gasteiger partial charge < -0.3 is 5.21 Å². The molecular formula is C3H9NO2. The van der Waals surface area contributed by atoms with E-state index in [-0.39, 0.29) is 0 Å². The molecule has 1 unspecified atom stereocenters. The Morgan fingerprint density at radius 1 is 1.83 bits per heavy atom. The van der Waals surface area contributed by atoms with E-state index in [0.717, 1.165) is 6.42 Å². The topological polar surface area (TPSA) is 47.7 Å². The van der Waals surface area contributed by atoms with Crippen molar-refractivity contribution in [2.75, 3.05) is 6.54 Å². The van der Waals surface area contributed by atoms with Crippen molar-refractivity contribution in [2.45, 2.75) is 13.3 Å². The van der Waals surface area contributed by atoms with Gasteiger partial charge in [0.1, 0.15) is 6.54 Å². The van der Waals surface area contributed by atoms with Gasteiger partial charge in [-0.25, -0.2) is 10.4 Å². The van der Waals surface area contributed by atoms with Crippen LogP contribution in [0.3, 0.4) is 0 Å². The highest BCUT2D eigenvalue weighted by Gasteiger charge is 1.80. The fourth-order valence-corrected chi connectivity index (χ4v) is 0.214. The van der Waals surface area contributed by atoms with Crippen LogP contribution in [0, 0.1) is 5.21 Å². The third-order valence-electron chi connectivity index (χ3n) is 0.464. The van der Waals surface area contributed by atoms with Crippen LogP contribution >= 0.6 is 0 Å². The first-order valence-electron chi connectivity index (χ1n) is 1.99. The molecule has 0 rings (SSSR count). The summed E-state index contributed by atoms with van der Waals surface area (Å²) in [6.07, 6.45) is 0.731. The summed E-state index contributed by atoms with van der Waals surface area (Å²) in [6.45, 7) is 2.13. The fourth-order valence-electron chi connectivity index (χ4n) is 0.214. The third kappa shape index (κ3) is 3.88. The van der Waals surface area contributed by atoms with Crippen LogP contribution in [-0.4, -0.2) is 11.8 Å². The number of quaternary nitrogens is 1. The average Bonchev–Trinajstić information content (AvgIpc) is 1.35. The van der Waals surface area contributed by atoms with Gasteiger partial charge in [0.05, 0.1) is 0 Å². The molecule has 3 heteroatoms. The normalized spacial score (nSPS) is 14.5. The van der Waals surface area contributed by atoms with Crippen LogP contribution in [0.2, 0.25) is 0 Å². The number of rotatable bonds is 2. The van der Waals surface area contributed by atoms with Crippen LogP contribution in [0.25, 0.3) is 0 Å². The second kappa shape index (κ2) is 3.08. The van der Waals surface area contributed by atoms with Gasteiger partial charge in [0.2, 0.25) is 0 Å². The second-order valence-electron chi connectivity index (χ2n) is 1.14. The van der Waals surface area contributed by atoms with Crippen molar-refractivity contribution >= 4 is 0 Å². The van der Waals surface area contributed by atoms with Crippen LogP contribution < -0.4 is 5.23 Å². The molecule has 0 aliphatic rings. The molecule has 0 aromatic carbocycles. The summed E-state index contributed by atoms with van der Waals surface area (Å²) in [5.41, 5.74) is 0. The summed E-state index contributed by atoms with van der Waals surface area (Å²) < 4.78 is 0. The number of hydrogen-bond donors (Lipinski definition) is 2. The van der Waals surface area contributed by atoms with E-state index >= 15 is 0 Å². The molecule has 0 saturated heterocycles. The Hall–Kier alpha value is -0.120. The molecule has 0 aromatic heterocycles. The fraction of sp³-hybridized carbons (Fsp3) is 1.00. The second-order valence-corrected chi connectivity index (χ2v) is 1.14. The van der Waals surface area contributed by atoms with Crippen LogP contribution in [0.4, 0.5) is 0 Å². The smallest absolute Gasteiger partial charge is 0.106 e. The first kappa shape index (κ1) is 5.88. The summed E-state index contributed by atoms with van der Waals surface area (Å²) in [4.78, 5) is 0. The maximum absolute atomic E-state index is 9.60. The van der Waals surface area contributed by atoms with Gasteiger partial charge in [0.15, 0.2) is 0 Å². The zero-order valence-corrected chi connectivity index (χ0v) is 3.77. The Labute approximate surface area is 36.7 Å². The number of nitrogens with one attached hydrogen (secondary N) is 1. The Morgan fingerprint density at radius 2 is 2.33 bits per heavy atom. The van der Waals surface area contributed by atoms with Gasteiger partial charge in [-0.2, -0.15) is 0 Å². The Morgan fingerprint density at radius 3 is 2.33 bits per heavy atom. The Kier molecular flexibility index (Phi) is 3.02. The molecule has 0 aromatic rings. The monoisotopic (exact) mass is 91.1 g/mol. The van der Waals surface area contributed by atoms with E-state index in [1.807, 2.05) is 6.92 Å². The molecule has 0 spiro atoms. The van der Waals surface area contributed by atoms with Crippen molar-refractivity contribution < 1.29 is 10.4 Å². The van der Waals surface area contributed by atoms with Gasteiger partial charge >= 0.3 is 0 Å². The third-order valence-corrected chi connectivity index (χ3v) is 0.464. The lowest BCUT2D eigenvalue weighted by molar-refractivity contribution is -1.05. The zero-order chi connectivity index (χ0) is 4.99. The van der Waals surface area contributed by atoms with Crippen molar-refractivity contribution in [1.29, 1.82) is 0 Å². The standard InChI is InChI=1S/C3H9NO2/c1-2-3-4(5)6/h4-5H,2-3H2,1H3. The van der Waals surface area contributed by atoms with Crippen molar-refractivity contribution in [1.82, 2.24) is 0 Å². The number of hydrogen-bond acceptors (Lipinski definition) is 2. The van der Waals surface area contributed by atoms with Crippen LogP contribution in [0.5, 0.6) is 0 Å². The molecule has 1 atom stereocenters. The van der Waals surface area contributed by atoms with Crippen LogP contribution in [-0.2, 0) is 0 Å². The highest BCUT2D eigenvalue weighted by molar-refractivity contribution is 4.14. The van der Waals surface area contributed by atoms with Gasteiger partial charge in [-0.1, -0.05) is 6.92 Å². The summed E-state index contributed by atoms with van der Waals surface area (Å²) in [5, 5.41) is 16.8. The minimum Gasteiger partial charge on any atom is -0.600 e. The zero-order valence-electron chi connectivity index (χ0n) is 3.77. The molecular weight excluding hydrogens is 82.0 g/mol. The molecule has 0 heterocycles. The first-order chi connectivity index (χ1) is 2.77.